The average Bonchev–Trinajstić information content (AvgIpc) is 2.29. The van der Waals surface area contributed by atoms with E-state index in [2.05, 4.69) is 44.6 Å². The molecule has 0 aromatic rings. The zero-order chi connectivity index (χ0) is 12.2. The SMILES string of the molecule is C=CNC1C(=C)C(=C)OC/C=C\C1(C)C=C. The summed E-state index contributed by atoms with van der Waals surface area (Å²) in [5.41, 5.74) is 0.601. The Kier molecular flexibility index (Phi) is 3.78. The average molecular weight is 217 g/mol. The number of nitrogens with one attached hydrogen (secondary N) is 1. The van der Waals surface area contributed by atoms with E-state index in [9.17, 15) is 0 Å². The molecule has 0 radical (unpaired) electrons. The van der Waals surface area contributed by atoms with E-state index in [1.54, 1.807) is 6.20 Å². The molecule has 0 saturated heterocycles. The van der Waals surface area contributed by atoms with Crippen molar-refractivity contribution in [3.63, 3.8) is 0 Å². The standard InChI is InChI=1S/C14H19NO/c1-6-14(5)9-8-10-16-12(4)11(3)13(14)15-7-2/h6-9,13,15H,1-4,10H2,5H3/b9-8-. The van der Waals surface area contributed by atoms with Gasteiger partial charge in [0, 0.05) is 11.0 Å². The van der Waals surface area contributed by atoms with Crippen molar-refractivity contribution in [1.82, 2.24) is 5.32 Å². The largest absolute Gasteiger partial charge is 0.490 e. The smallest absolute Gasteiger partial charge is 0.117 e. The monoisotopic (exact) mass is 217 g/mol. The van der Waals surface area contributed by atoms with Gasteiger partial charge in [-0.2, -0.15) is 0 Å². The maximum Gasteiger partial charge on any atom is 0.117 e. The van der Waals surface area contributed by atoms with Crippen LogP contribution in [-0.2, 0) is 4.74 Å². The molecule has 1 rings (SSSR count). The van der Waals surface area contributed by atoms with Crippen LogP contribution in [0.4, 0.5) is 0 Å². The highest BCUT2D eigenvalue weighted by atomic mass is 16.5. The highest BCUT2D eigenvalue weighted by Gasteiger charge is 2.32. The van der Waals surface area contributed by atoms with Crippen LogP contribution in [0.1, 0.15) is 6.92 Å². The molecule has 0 aromatic carbocycles. The van der Waals surface area contributed by atoms with Crippen molar-refractivity contribution >= 4 is 0 Å². The molecule has 0 aromatic heterocycles. The van der Waals surface area contributed by atoms with Crippen LogP contribution in [0.15, 0.2) is 62.1 Å². The Labute approximate surface area is 97.7 Å². The Morgan fingerprint density at radius 1 is 1.50 bits per heavy atom. The van der Waals surface area contributed by atoms with Crippen molar-refractivity contribution in [1.29, 1.82) is 0 Å². The van der Waals surface area contributed by atoms with Crippen LogP contribution < -0.4 is 5.32 Å². The van der Waals surface area contributed by atoms with Crippen molar-refractivity contribution in [3.05, 3.63) is 62.1 Å². The third kappa shape index (κ3) is 2.27. The van der Waals surface area contributed by atoms with E-state index in [0.717, 1.165) is 5.57 Å². The molecular formula is C14H19NO. The van der Waals surface area contributed by atoms with Crippen molar-refractivity contribution < 1.29 is 4.74 Å². The lowest BCUT2D eigenvalue weighted by Gasteiger charge is -2.36. The van der Waals surface area contributed by atoms with Gasteiger partial charge in [0.1, 0.15) is 12.4 Å². The molecule has 2 heteroatoms. The molecule has 1 aliphatic heterocycles. The van der Waals surface area contributed by atoms with E-state index in [1.807, 2.05) is 12.2 Å². The van der Waals surface area contributed by atoms with Gasteiger partial charge in [0.05, 0.1) is 6.04 Å². The number of rotatable bonds is 3. The summed E-state index contributed by atoms with van der Waals surface area (Å²) < 4.78 is 5.42. The lowest BCUT2D eigenvalue weighted by molar-refractivity contribution is 0.239. The normalized spacial score (nSPS) is 31.9. The van der Waals surface area contributed by atoms with Gasteiger partial charge >= 0.3 is 0 Å². The highest BCUT2D eigenvalue weighted by Crippen LogP contribution is 2.33. The predicted octanol–water partition coefficient (Wildman–Crippen LogP) is 2.94. The number of hydrogen-bond donors (Lipinski definition) is 1. The summed E-state index contributed by atoms with van der Waals surface area (Å²) in [6.45, 7) is 18.1. The van der Waals surface area contributed by atoms with Crippen molar-refractivity contribution in [2.45, 2.75) is 13.0 Å². The maximum absolute atomic E-state index is 5.42. The number of hydrogen-bond acceptors (Lipinski definition) is 2. The molecule has 2 atom stereocenters. The van der Waals surface area contributed by atoms with Gasteiger partial charge in [0.25, 0.3) is 0 Å². The van der Waals surface area contributed by atoms with Gasteiger partial charge < -0.3 is 10.1 Å². The molecule has 16 heavy (non-hydrogen) atoms. The fraction of sp³-hybridized carbons (Fsp3) is 0.286. The van der Waals surface area contributed by atoms with E-state index < -0.39 is 0 Å². The summed E-state index contributed by atoms with van der Waals surface area (Å²) in [5, 5.41) is 3.17. The second-order valence-electron chi connectivity index (χ2n) is 4.04. The van der Waals surface area contributed by atoms with E-state index >= 15 is 0 Å². The van der Waals surface area contributed by atoms with Crippen molar-refractivity contribution in [2.75, 3.05) is 6.61 Å². The minimum absolute atomic E-state index is 0.0356. The molecule has 0 amide bonds. The second kappa shape index (κ2) is 4.88. The van der Waals surface area contributed by atoms with Crippen LogP contribution in [0, 0.1) is 5.41 Å². The molecule has 0 aliphatic carbocycles. The van der Waals surface area contributed by atoms with E-state index in [0.29, 0.717) is 12.4 Å². The molecule has 0 spiro atoms. The minimum Gasteiger partial charge on any atom is -0.490 e. The Bertz CT molecular complexity index is 354. The van der Waals surface area contributed by atoms with E-state index in [-0.39, 0.29) is 11.5 Å². The molecule has 86 valence electrons. The summed E-state index contributed by atoms with van der Waals surface area (Å²) in [4.78, 5) is 0. The maximum atomic E-state index is 5.42. The molecule has 2 nitrogen and oxygen atoms in total. The molecule has 1 aliphatic rings. The van der Waals surface area contributed by atoms with Gasteiger partial charge in [-0.3, -0.25) is 0 Å². The Morgan fingerprint density at radius 2 is 2.19 bits per heavy atom. The van der Waals surface area contributed by atoms with Gasteiger partial charge in [-0.1, -0.05) is 44.9 Å². The van der Waals surface area contributed by atoms with Gasteiger partial charge in [-0.25, -0.2) is 0 Å². The van der Waals surface area contributed by atoms with Gasteiger partial charge in [-0.05, 0) is 6.20 Å². The highest BCUT2D eigenvalue weighted by molar-refractivity contribution is 5.34. The van der Waals surface area contributed by atoms with Gasteiger partial charge in [-0.15, -0.1) is 6.58 Å². The Morgan fingerprint density at radius 3 is 2.75 bits per heavy atom. The molecule has 2 unspecified atom stereocenters. The first-order valence-electron chi connectivity index (χ1n) is 5.24. The fourth-order valence-electron chi connectivity index (χ4n) is 1.76. The zero-order valence-corrected chi connectivity index (χ0v) is 9.83. The summed E-state index contributed by atoms with van der Waals surface area (Å²) >= 11 is 0. The van der Waals surface area contributed by atoms with Crippen molar-refractivity contribution in [3.8, 4) is 0 Å². The first-order valence-corrected chi connectivity index (χ1v) is 5.24. The predicted molar refractivity (Wildman–Crippen MR) is 68.8 cm³/mol. The third-order valence-corrected chi connectivity index (χ3v) is 2.88. The lowest BCUT2D eigenvalue weighted by Crippen LogP contribution is -2.41. The zero-order valence-electron chi connectivity index (χ0n) is 9.83. The second-order valence-corrected chi connectivity index (χ2v) is 4.04. The molecule has 0 saturated carbocycles. The first-order chi connectivity index (χ1) is 7.55. The van der Waals surface area contributed by atoms with Crippen LogP contribution in [-0.4, -0.2) is 12.6 Å². The molecule has 0 bridgehead atoms. The molecule has 1 N–H and O–H groups in total. The Hall–Kier alpha value is -1.70. The molecule has 0 fully saturated rings. The van der Waals surface area contributed by atoms with Crippen LogP contribution >= 0.6 is 0 Å². The van der Waals surface area contributed by atoms with E-state index in [1.165, 1.54) is 0 Å². The number of ether oxygens (including phenoxy) is 1. The minimum atomic E-state index is -0.224. The van der Waals surface area contributed by atoms with Crippen LogP contribution in [0.2, 0.25) is 0 Å². The quantitative estimate of drug-likeness (QED) is 0.734. The van der Waals surface area contributed by atoms with E-state index in [4.69, 9.17) is 4.74 Å². The summed E-state index contributed by atoms with van der Waals surface area (Å²) in [6.07, 6.45) is 7.59. The van der Waals surface area contributed by atoms with Crippen LogP contribution in [0.5, 0.6) is 0 Å². The lowest BCUT2D eigenvalue weighted by atomic mass is 9.77. The summed E-state index contributed by atoms with van der Waals surface area (Å²) in [6, 6.07) is -0.0356. The van der Waals surface area contributed by atoms with Crippen LogP contribution in [0.3, 0.4) is 0 Å². The molecule has 1 heterocycles. The van der Waals surface area contributed by atoms with Gasteiger partial charge in [0.2, 0.25) is 0 Å². The third-order valence-electron chi connectivity index (χ3n) is 2.88. The van der Waals surface area contributed by atoms with Crippen LogP contribution in [0.25, 0.3) is 0 Å². The fourth-order valence-corrected chi connectivity index (χ4v) is 1.76. The Balaban J connectivity index is 3.15. The first kappa shape index (κ1) is 12.4. The topological polar surface area (TPSA) is 21.3 Å². The summed E-state index contributed by atoms with van der Waals surface area (Å²) in [7, 11) is 0. The van der Waals surface area contributed by atoms with Gasteiger partial charge in [0.15, 0.2) is 0 Å². The van der Waals surface area contributed by atoms with Crippen molar-refractivity contribution in [2.24, 2.45) is 5.41 Å². The summed E-state index contributed by atoms with van der Waals surface area (Å²) in [5.74, 6) is 0.608. The molecular weight excluding hydrogens is 198 g/mol.